The first kappa shape index (κ1) is 9.69. The fraction of sp³-hybridized carbons (Fsp3) is 0.600. The van der Waals surface area contributed by atoms with Crippen molar-refractivity contribution in [3.05, 3.63) is 20.8 Å². The van der Waals surface area contributed by atoms with E-state index < -0.39 is 0 Å². The second-order valence-electron chi connectivity index (χ2n) is 3.75. The van der Waals surface area contributed by atoms with Gasteiger partial charge in [-0.15, -0.1) is 0 Å². The van der Waals surface area contributed by atoms with Gasteiger partial charge in [0.15, 0.2) is 0 Å². The van der Waals surface area contributed by atoms with E-state index in [-0.39, 0.29) is 6.04 Å². The minimum atomic E-state index is 0.253. The highest BCUT2D eigenvalue weighted by Crippen LogP contribution is 2.37. The van der Waals surface area contributed by atoms with Crippen LogP contribution in [-0.2, 0) is 0 Å². The first-order chi connectivity index (χ1) is 6.29. The number of thiophene rings is 1. The Morgan fingerprint density at radius 3 is 2.62 bits per heavy atom. The topological polar surface area (TPSA) is 26.0 Å². The van der Waals surface area contributed by atoms with Crippen LogP contribution >= 0.6 is 27.3 Å². The zero-order valence-electron chi connectivity index (χ0n) is 7.50. The summed E-state index contributed by atoms with van der Waals surface area (Å²) in [4.78, 5) is 0. The normalized spacial score (nSPS) is 20.8. The summed E-state index contributed by atoms with van der Waals surface area (Å²) in [5, 5.41) is 4.29. The Balaban J connectivity index is 2.12. The summed E-state index contributed by atoms with van der Waals surface area (Å²) in [7, 11) is 0. The Hall–Kier alpha value is 0.140. The van der Waals surface area contributed by atoms with Gasteiger partial charge in [0, 0.05) is 15.9 Å². The predicted molar refractivity (Wildman–Crippen MR) is 60.9 cm³/mol. The van der Waals surface area contributed by atoms with Crippen molar-refractivity contribution < 1.29 is 0 Å². The molecule has 13 heavy (non-hydrogen) atoms. The summed E-state index contributed by atoms with van der Waals surface area (Å²) in [6.45, 7) is 0. The standard InChI is InChI=1S/C10H14BrNS/c11-9-6-13-5-8(9)10(12)7-3-1-2-4-7/h5-7,10H,1-4,12H2. The highest BCUT2D eigenvalue weighted by molar-refractivity contribution is 9.10. The van der Waals surface area contributed by atoms with Crippen LogP contribution in [-0.4, -0.2) is 0 Å². The Labute approximate surface area is 91.5 Å². The van der Waals surface area contributed by atoms with Crippen LogP contribution in [0.15, 0.2) is 15.2 Å². The molecule has 0 aliphatic heterocycles. The van der Waals surface area contributed by atoms with Crippen molar-refractivity contribution in [3.8, 4) is 0 Å². The molecule has 2 rings (SSSR count). The number of hydrogen-bond acceptors (Lipinski definition) is 2. The summed E-state index contributed by atoms with van der Waals surface area (Å²) >= 11 is 5.27. The maximum Gasteiger partial charge on any atom is 0.0343 e. The van der Waals surface area contributed by atoms with E-state index in [1.54, 1.807) is 11.3 Å². The summed E-state index contributed by atoms with van der Waals surface area (Å²) < 4.78 is 1.19. The zero-order valence-corrected chi connectivity index (χ0v) is 9.90. The van der Waals surface area contributed by atoms with E-state index in [0.29, 0.717) is 5.92 Å². The third-order valence-corrected chi connectivity index (χ3v) is 4.66. The van der Waals surface area contributed by atoms with Crippen LogP contribution in [0.2, 0.25) is 0 Å². The van der Waals surface area contributed by atoms with Gasteiger partial charge in [-0.05, 0) is 45.6 Å². The Bertz CT molecular complexity index is 278. The quantitative estimate of drug-likeness (QED) is 0.862. The van der Waals surface area contributed by atoms with Crippen molar-refractivity contribution in [1.29, 1.82) is 0 Å². The predicted octanol–water partition coefficient (Wildman–Crippen LogP) is 3.70. The van der Waals surface area contributed by atoms with Gasteiger partial charge >= 0.3 is 0 Å². The van der Waals surface area contributed by atoms with E-state index in [1.165, 1.54) is 35.7 Å². The molecule has 1 fully saturated rings. The molecule has 1 heterocycles. The van der Waals surface area contributed by atoms with E-state index >= 15 is 0 Å². The molecular formula is C10H14BrNS. The fourth-order valence-electron chi connectivity index (χ4n) is 2.10. The van der Waals surface area contributed by atoms with Gasteiger partial charge in [0.1, 0.15) is 0 Å². The van der Waals surface area contributed by atoms with Crippen molar-refractivity contribution in [2.45, 2.75) is 31.7 Å². The van der Waals surface area contributed by atoms with E-state index in [1.807, 2.05) is 0 Å². The summed E-state index contributed by atoms with van der Waals surface area (Å²) in [5.41, 5.74) is 7.52. The third-order valence-electron chi connectivity index (χ3n) is 2.91. The largest absolute Gasteiger partial charge is 0.324 e. The molecule has 1 unspecified atom stereocenters. The van der Waals surface area contributed by atoms with Crippen LogP contribution in [0.5, 0.6) is 0 Å². The second-order valence-corrected chi connectivity index (χ2v) is 5.34. The van der Waals surface area contributed by atoms with Crippen molar-refractivity contribution >= 4 is 27.3 Å². The molecule has 1 atom stereocenters. The number of halogens is 1. The third kappa shape index (κ3) is 1.97. The lowest BCUT2D eigenvalue weighted by Gasteiger charge is -2.18. The van der Waals surface area contributed by atoms with Crippen molar-refractivity contribution in [3.63, 3.8) is 0 Å². The van der Waals surface area contributed by atoms with Crippen molar-refractivity contribution in [2.75, 3.05) is 0 Å². The average Bonchev–Trinajstić information content (AvgIpc) is 2.72. The first-order valence-electron chi connectivity index (χ1n) is 4.76. The first-order valence-corrected chi connectivity index (χ1v) is 6.50. The molecule has 0 bridgehead atoms. The SMILES string of the molecule is NC(c1cscc1Br)C1CCCC1. The summed E-state index contributed by atoms with van der Waals surface area (Å²) in [5.74, 6) is 0.714. The molecule has 0 aromatic carbocycles. The Morgan fingerprint density at radius 2 is 2.08 bits per heavy atom. The van der Waals surface area contributed by atoms with Crippen LogP contribution in [0.25, 0.3) is 0 Å². The highest BCUT2D eigenvalue weighted by atomic mass is 79.9. The summed E-state index contributed by atoms with van der Waals surface area (Å²) in [6.07, 6.45) is 5.34. The Kier molecular flexibility index (Phi) is 3.06. The van der Waals surface area contributed by atoms with E-state index in [2.05, 4.69) is 26.7 Å². The number of hydrogen-bond donors (Lipinski definition) is 1. The average molecular weight is 260 g/mol. The van der Waals surface area contributed by atoms with Gasteiger partial charge in [0.05, 0.1) is 0 Å². The fourth-order valence-corrected chi connectivity index (χ4v) is 3.71. The van der Waals surface area contributed by atoms with Gasteiger partial charge in [-0.3, -0.25) is 0 Å². The molecule has 1 saturated carbocycles. The van der Waals surface area contributed by atoms with Gasteiger partial charge < -0.3 is 5.73 Å². The molecular weight excluding hydrogens is 246 g/mol. The molecule has 0 saturated heterocycles. The molecule has 1 aliphatic rings. The van der Waals surface area contributed by atoms with Crippen LogP contribution in [0.4, 0.5) is 0 Å². The molecule has 0 radical (unpaired) electrons. The van der Waals surface area contributed by atoms with Crippen molar-refractivity contribution in [1.82, 2.24) is 0 Å². The molecule has 1 aromatic heterocycles. The lowest BCUT2D eigenvalue weighted by atomic mass is 9.94. The van der Waals surface area contributed by atoms with Crippen LogP contribution in [0, 0.1) is 5.92 Å². The van der Waals surface area contributed by atoms with Crippen LogP contribution < -0.4 is 5.73 Å². The monoisotopic (exact) mass is 259 g/mol. The summed E-state index contributed by atoms with van der Waals surface area (Å²) in [6, 6.07) is 0.253. The highest BCUT2D eigenvalue weighted by Gasteiger charge is 2.24. The van der Waals surface area contributed by atoms with Gasteiger partial charge in [0.25, 0.3) is 0 Å². The number of rotatable bonds is 2. The lowest BCUT2D eigenvalue weighted by molar-refractivity contribution is 0.444. The van der Waals surface area contributed by atoms with E-state index in [0.717, 1.165) is 0 Å². The van der Waals surface area contributed by atoms with E-state index in [9.17, 15) is 0 Å². The van der Waals surface area contributed by atoms with E-state index in [4.69, 9.17) is 5.73 Å². The zero-order chi connectivity index (χ0) is 9.26. The molecule has 1 nitrogen and oxygen atoms in total. The lowest BCUT2D eigenvalue weighted by Crippen LogP contribution is -2.18. The van der Waals surface area contributed by atoms with Gasteiger partial charge in [-0.2, -0.15) is 11.3 Å². The van der Waals surface area contributed by atoms with Crippen molar-refractivity contribution in [2.24, 2.45) is 11.7 Å². The number of nitrogens with two attached hydrogens (primary N) is 1. The molecule has 0 amide bonds. The molecule has 0 spiro atoms. The van der Waals surface area contributed by atoms with Gasteiger partial charge in [0.2, 0.25) is 0 Å². The molecule has 1 aliphatic carbocycles. The second kappa shape index (κ2) is 4.11. The van der Waals surface area contributed by atoms with Crippen LogP contribution in [0.3, 0.4) is 0 Å². The minimum absolute atomic E-state index is 0.253. The molecule has 2 N–H and O–H groups in total. The molecule has 1 aromatic rings. The molecule has 3 heteroatoms. The van der Waals surface area contributed by atoms with Crippen LogP contribution in [0.1, 0.15) is 37.3 Å². The maximum atomic E-state index is 6.22. The maximum absolute atomic E-state index is 6.22. The minimum Gasteiger partial charge on any atom is -0.324 e. The molecule has 72 valence electrons. The van der Waals surface area contributed by atoms with Gasteiger partial charge in [-0.25, -0.2) is 0 Å². The smallest absolute Gasteiger partial charge is 0.0343 e. The van der Waals surface area contributed by atoms with Gasteiger partial charge in [-0.1, -0.05) is 12.8 Å². The Morgan fingerprint density at radius 1 is 1.38 bits per heavy atom.